The number of aromatic hydroxyl groups is 6. The molecule has 61 heavy (non-hydrogen) atoms. The molecule has 6 rings (SSSR count). The number of esters is 2. The smallest absolute Gasteiger partial charge is 0.330 e. The molecule has 0 saturated carbocycles. The van der Waals surface area contributed by atoms with Gasteiger partial charge in [-0.2, -0.15) is 0 Å². The van der Waals surface area contributed by atoms with E-state index in [0.717, 1.165) is 24.3 Å². The van der Waals surface area contributed by atoms with E-state index in [2.05, 4.69) is 4.74 Å². The van der Waals surface area contributed by atoms with Crippen LogP contribution in [0.4, 0.5) is 0 Å². The van der Waals surface area contributed by atoms with Gasteiger partial charge in [-0.05, 0) is 42.0 Å². The first kappa shape index (κ1) is 44.2. The van der Waals surface area contributed by atoms with Gasteiger partial charge in [-0.3, -0.25) is 9.59 Å². The summed E-state index contributed by atoms with van der Waals surface area (Å²) < 4.78 is 37.9. The standard InChI is InChI=1S/C39H40O22/c40-17-9-23-18(24(10-17)58-38-35(53)33(51)32(50)27(60-38)14-56-30(48)12-28(45)46)11-25(37(57-23)16-3-5-20(42)22(44)8-16)59-39-36(54)34(52)31(49)26(61-39)13-55-29(47)6-2-15-1-4-19(41)21(43)7-15/h1-11,26-27,31-44,49-54H,12-14H2,(H,45,46)/p+1/b6-2+/t26-,27-,31-,32-,33+,34+,35-,36+,37?,38-,39-/m1/s1. The molecule has 0 aliphatic carbocycles. The molecule has 0 radical (unpaired) electrons. The summed E-state index contributed by atoms with van der Waals surface area (Å²) in [5.41, 5.74) is 0.464. The molecular formula is C39H41O22+. The number of carboxylic acid groups (broad SMARTS) is 1. The van der Waals surface area contributed by atoms with Crippen molar-refractivity contribution in [1.82, 2.24) is 0 Å². The zero-order valence-electron chi connectivity index (χ0n) is 31.3. The fraction of sp³-hybridized carbons (Fsp3) is 0.359. The van der Waals surface area contributed by atoms with Gasteiger partial charge in [-0.1, -0.05) is 6.07 Å². The van der Waals surface area contributed by atoms with Crippen LogP contribution in [0.15, 0.2) is 60.4 Å². The number of rotatable bonds is 13. The Kier molecular flexibility index (Phi) is 13.4. The Morgan fingerprint density at radius 1 is 0.672 bits per heavy atom. The van der Waals surface area contributed by atoms with Crippen molar-refractivity contribution in [2.24, 2.45) is 0 Å². The number of aliphatic carboxylic acids is 1. The highest BCUT2D eigenvalue weighted by molar-refractivity contribution is 5.90. The van der Waals surface area contributed by atoms with Gasteiger partial charge in [0, 0.05) is 18.2 Å². The number of phenols is 5. The van der Waals surface area contributed by atoms with E-state index in [0.29, 0.717) is 5.56 Å². The number of carbonyl (C=O) groups excluding carboxylic acids is 2. The first-order valence-corrected chi connectivity index (χ1v) is 18.2. The monoisotopic (exact) mass is 861 g/mol. The molecule has 2 fully saturated rings. The van der Waals surface area contributed by atoms with Crippen LogP contribution in [0.1, 0.15) is 29.2 Å². The lowest BCUT2D eigenvalue weighted by molar-refractivity contribution is -0.296. The number of ether oxygens (including phenoxy) is 7. The second kappa shape index (κ2) is 18.5. The Hall–Kier alpha value is -6.37. The lowest BCUT2D eigenvalue weighted by Gasteiger charge is -2.41. The van der Waals surface area contributed by atoms with Gasteiger partial charge in [0.2, 0.25) is 12.6 Å². The number of carbonyl (C=O) groups is 3. The van der Waals surface area contributed by atoms with E-state index in [1.54, 1.807) is 0 Å². The number of fused-ring (bicyclic) bond motifs is 1. The minimum absolute atomic E-state index is 0.0157. The van der Waals surface area contributed by atoms with E-state index < -0.39 is 128 Å². The largest absolute Gasteiger partial charge is 0.571 e. The highest BCUT2D eigenvalue weighted by atomic mass is 16.7. The molecule has 22 nitrogen and oxygen atoms in total. The third-order valence-electron chi connectivity index (χ3n) is 9.58. The minimum Gasteiger partial charge on any atom is -0.571 e. The number of phenolic OH excluding ortho intramolecular Hbond substituents is 5. The molecule has 22 heteroatoms. The Labute approximate surface area is 343 Å². The normalized spacial score (nSPS) is 28.5. The molecule has 13 N–H and O–H groups in total. The predicted octanol–water partition coefficient (Wildman–Crippen LogP) is -1.16. The SMILES string of the molecule is O=C(O)CC(=O)OC[C@H]1O[C@@H](Oc2cc(O)cc3c2C=C(O[C@@H]2O[C@H](COC(=O)/C=C/c4ccc(O)c(O)c4)[C@@H](O)[C@H](O)[C@@H]2O)C(c2ccc(O)c(O)c2)[OH+]3)[C@H](O)[C@@H](O)[C@@H]1O. The number of carboxylic acids is 1. The zero-order valence-corrected chi connectivity index (χ0v) is 31.3. The summed E-state index contributed by atoms with van der Waals surface area (Å²) in [7, 11) is 0. The van der Waals surface area contributed by atoms with E-state index >= 15 is 0 Å². The van der Waals surface area contributed by atoms with Gasteiger partial charge in [0.15, 0.2) is 28.8 Å². The maximum atomic E-state index is 12.5. The van der Waals surface area contributed by atoms with Crippen molar-refractivity contribution >= 4 is 30.1 Å². The van der Waals surface area contributed by atoms with Gasteiger partial charge in [-0.25, -0.2) is 4.79 Å². The van der Waals surface area contributed by atoms with Crippen LogP contribution in [0.2, 0.25) is 0 Å². The lowest BCUT2D eigenvalue weighted by Crippen LogP contribution is -2.60. The number of hydrogen-bond donors (Lipinski definition) is 12. The third-order valence-corrected chi connectivity index (χ3v) is 9.58. The summed E-state index contributed by atoms with van der Waals surface area (Å²) in [4.78, 5) is 35.2. The summed E-state index contributed by atoms with van der Waals surface area (Å²) in [6, 6.07) is 9.60. The van der Waals surface area contributed by atoms with Gasteiger partial charge in [0.1, 0.15) is 85.5 Å². The van der Waals surface area contributed by atoms with Crippen LogP contribution in [0, 0.1) is 0 Å². The minimum atomic E-state index is -1.96. The molecular weight excluding hydrogens is 820 g/mol. The molecule has 328 valence electrons. The first-order valence-electron chi connectivity index (χ1n) is 18.2. The van der Waals surface area contributed by atoms with Crippen LogP contribution < -0.4 is 4.74 Å². The van der Waals surface area contributed by atoms with Crippen molar-refractivity contribution in [1.29, 1.82) is 0 Å². The number of aliphatic hydroxyl groups is 7. The molecule has 3 aliphatic rings. The van der Waals surface area contributed by atoms with Gasteiger partial charge in [0.05, 0.1) is 11.6 Å². The maximum Gasteiger partial charge on any atom is 0.330 e. The highest BCUT2D eigenvalue weighted by Gasteiger charge is 2.49. The summed E-state index contributed by atoms with van der Waals surface area (Å²) in [6.07, 6.45) is -17.0. The van der Waals surface area contributed by atoms with Gasteiger partial charge in [0.25, 0.3) is 11.9 Å². The molecule has 0 aromatic heterocycles. The van der Waals surface area contributed by atoms with Crippen LogP contribution in [0.25, 0.3) is 12.2 Å². The van der Waals surface area contributed by atoms with Gasteiger partial charge >= 0.3 is 17.9 Å². The molecule has 0 bridgehead atoms. The van der Waals surface area contributed by atoms with E-state index in [1.807, 2.05) is 0 Å². The van der Waals surface area contributed by atoms with E-state index in [4.69, 9.17) is 33.5 Å². The van der Waals surface area contributed by atoms with Crippen molar-refractivity contribution in [3.05, 3.63) is 77.1 Å². The lowest BCUT2D eigenvalue weighted by atomic mass is 9.98. The molecule has 0 spiro atoms. The predicted molar refractivity (Wildman–Crippen MR) is 198 cm³/mol. The van der Waals surface area contributed by atoms with Crippen LogP contribution >= 0.6 is 0 Å². The Morgan fingerprint density at radius 3 is 1.87 bits per heavy atom. The molecule has 2 saturated heterocycles. The summed E-state index contributed by atoms with van der Waals surface area (Å²) >= 11 is 0. The molecule has 3 aromatic carbocycles. The molecule has 1 unspecified atom stereocenters. The van der Waals surface area contributed by atoms with Crippen molar-refractivity contribution in [3.8, 4) is 40.2 Å². The van der Waals surface area contributed by atoms with Crippen LogP contribution in [-0.2, 0) is 38.1 Å². The molecule has 11 atom stereocenters. The summed E-state index contributed by atoms with van der Waals surface area (Å²) in [5.74, 6) is -6.53. The third kappa shape index (κ3) is 10.2. The quantitative estimate of drug-likeness (QED) is 0.0317. The summed E-state index contributed by atoms with van der Waals surface area (Å²) in [5, 5.41) is 123. The Morgan fingerprint density at radius 2 is 1.26 bits per heavy atom. The molecule has 3 heterocycles. The first-order chi connectivity index (χ1) is 28.9. The van der Waals surface area contributed by atoms with Crippen molar-refractivity contribution in [3.63, 3.8) is 0 Å². The molecule has 3 aromatic rings. The topological polar surface area (TPSA) is 362 Å². The van der Waals surface area contributed by atoms with Crippen LogP contribution in [0.5, 0.6) is 40.2 Å². The molecule has 0 amide bonds. The van der Waals surface area contributed by atoms with Gasteiger partial charge in [-0.15, -0.1) is 0 Å². The fourth-order valence-corrected chi connectivity index (χ4v) is 6.35. The fourth-order valence-electron chi connectivity index (χ4n) is 6.35. The summed E-state index contributed by atoms with van der Waals surface area (Å²) in [6.45, 7) is -1.45. The second-order valence-corrected chi connectivity index (χ2v) is 13.9. The number of aliphatic hydroxyl groups excluding tert-OH is 6. The highest BCUT2D eigenvalue weighted by Crippen LogP contribution is 2.47. The van der Waals surface area contributed by atoms with Crippen molar-refractivity contribution in [2.45, 2.75) is 73.9 Å². The number of hydrogen-bond acceptors (Lipinski definition) is 20. The van der Waals surface area contributed by atoms with Gasteiger partial charge < -0.3 is 94.4 Å². The maximum absolute atomic E-state index is 12.5. The molecule has 3 aliphatic heterocycles. The van der Waals surface area contributed by atoms with Crippen molar-refractivity contribution < 1.29 is 109 Å². The number of benzene rings is 3. The van der Waals surface area contributed by atoms with E-state index in [-0.39, 0.29) is 34.1 Å². The Balaban J connectivity index is 1.26. The van der Waals surface area contributed by atoms with Crippen molar-refractivity contribution in [2.75, 3.05) is 13.2 Å². The van der Waals surface area contributed by atoms with E-state index in [9.17, 15) is 70.6 Å². The average molecular weight is 862 g/mol. The zero-order chi connectivity index (χ0) is 44.3. The average Bonchev–Trinajstić information content (AvgIpc) is 3.21. The van der Waals surface area contributed by atoms with E-state index in [1.165, 1.54) is 42.5 Å². The van der Waals surface area contributed by atoms with Crippen LogP contribution in [-0.4, -0.2) is 159 Å². The van der Waals surface area contributed by atoms with Crippen LogP contribution in [0.3, 0.4) is 0 Å². The Bertz CT molecular complexity index is 2170. The second-order valence-electron chi connectivity index (χ2n) is 13.9.